The van der Waals surface area contributed by atoms with E-state index in [4.69, 9.17) is 0 Å². The molecule has 0 saturated carbocycles. The molecule has 346 valence electrons. The SMILES string of the molecule is CC(C)(C)c1cccc(N2c3cc(C(C)(C)C)ccc3B3c4cc5c(cc4N(c4cc(-c6ccccc6)c(C(C)(C)C)cc4-c4ccccc4)c4cc(C(C)(C)C)cc2c43)C(C)(C)CC5(C)C)c1. The summed E-state index contributed by atoms with van der Waals surface area (Å²) in [6.45, 7) is 38.2. The van der Waals surface area contributed by atoms with Crippen LogP contribution in [0.15, 0.2) is 140 Å². The van der Waals surface area contributed by atoms with Crippen molar-refractivity contribution in [1.82, 2.24) is 0 Å². The lowest BCUT2D eigenvalue weighted by Crippen LogP contribution is -2.61. The van der Waals surface area contributed by atoms with Gasteiger partial charge in [0, 0.05) is 34.0 Å². The third kappa shape index (κ3) is 7.55. The van der Waals surface area contributed by atoms with Gasteiger partial charge in [0.25, 0.3) is 6.71 Å². The van der Waals surface area contributed by atoms with Crippen LogP contribution in [0.4, 0.5) is 34.1 Å². The van der Waals surface area contributed by atoms with Gasteiger partial charge in [0.05, 0.1) is 5.69 Å². The van der Waals surface area contributed by atoms with Crippen molar-refractivity contribution < 1.29 is 0 Å². The van der Waals surface area contributed by atoms with Crippen molar-refractivity contribution in [3.8, 4) is 22.3 Å². The normalized spacial score (nSPS) is 16.0. The zero-order valence-corrected chi connectivity index (χ0v) is 44.0. The zero-order valence-electron chi connectivity index (χ0n) is 44.0. The first-order valence-corrected chi connectivity index (χ1v) is 25.3. The largest absolute Gasteiger partial charge is 0.311 e. The second-order valence-corrected chi connectivity index (χ2v) is 25.9. The van der Waals surface area contributed by atoms with Gasteiger partial charge in [0.15, 0.2) is 0 Å². The number of rotatable bonds is 4. The van der Waals surface area contributed by atoms with Crippen LogP contribution in [0, 0.1) is 0 Å². The van der Waals surface area contributed by atoms with Crippen molar-refractivity contribution in [2.45, 2.75) is 150 Å². The molecular formula is C65H73BN2. The van der Waals surface area contributed by atoms with Crippen molar-refractivity contribution in [2.24, 2.45) is 0 Å². The van der Waals surface area contributed by atoms with Crippen LogP contribution in [-0.4, -0.2) is 6.71 Å². The molecule has 7 aromatic rings. The molecular weight excluding hydrogens is 820 g/mol. The Morgan fingerprint density at radius 2 is 0.912 bits per heavy atom. The molecule has 0 N–H and O–H groups in total. The molecule has 10 rings (SSSR count). The standard InChI is InChI=1S/C65H73BN2/c1-60(2,3)43-28-23-29-46(32-43)67-55-33-44(61(4,5)6)30-31-52(55)66-53-38-50-51(65(15,16)40-64(50,13)14)39-56(53)68(58-35-45(62(7,8)9)34-57(67)59(58)66)54-37-47(41-24-19-17-20-25-41)49(63(10,11)12)36-48(54)42-26-21-18-22-27-42/h17-39H,40H2,1-16H3. The maximum absolute atomic E-state index is 2.72. The molecule has 3 heteroatoms. The molecule has 2 nitrogen and oxygen atoms in total. The topological polar surface area (TPSA) is 6.48 Å². The van der Waals surface area contributed by atoms with Crippen molar-refractivity contribution in [1.29, 1.82) is 0 Å². The van der Waals surface area contributed by atoms with Crippen LogP contribution in [0.5, 0.6) is 0 Å². The highest BCUT2D eigenvalue weighted by Gasteiger charge is 2.49. The number of nitrogens with zero attached hydrogens (tertiary/aromatic N) is 2. The average molecular weight is 893 g/mol. The molecule has 0 radical (unpaired) electrons. The molecule has 0 saturated heterocycles. The Hall–Kier alpha value is -5.80. The second-order valence-electron chi connectivity index (χ2n) is 25.9. The van der Waals surface area contributed by atoms with E-state index in [1.807, 2.05) is 0 Å². The summed E-state index contributed by atoms with van der Waals surface area (Å²) in [7, 11) is 0. The van der Waals surface area contributed by atoms with E-state index in [0.717, 1.165) is 6.42 Å². The third-order valence-corrected chi connectivity index (χ3v) is 15.6. The van der Waals surface area contributed by atoms with E-state index in [0.29, 0.717) is 0 Å². The summed E-state index contributed by atoms with van der Waals surface area (Å²) in [5.74, 6) is 0. The molecule has 2 aliphatic heterocycles. The van der Waals surface area contributed by atoms with Gasteiger partial charge in [0.1, 0.15) is 0 Å². The van der Waals surface area contributed by atoms with E-state index in [2.05, 4.69) is 260 Å². The van der Waals surface area contributed by atoms with Gasteiger partial charge in [-0.3, -0.25) is 0 Å². The van der Waals surface area contributed by atoms with Gasteiger partial charge in [-0.15, -0.1) is 0 Å². The Kier molecular flexibility index (Phi) is 10.4. The first-order chi connectivity index (χ1) is 31.7. The van der Waals surface area contributed by atoms with Crippen molar-refractivity contribution in [3.05, 3.63) is 173 Å². The summed E-state index contributed by atoms with van der Waals surface area (Å²) in [5.41, 5.74) is 24.7. The van der Waals surface area contributed by atoms with Gasteiger partial charge < -0.3 is 9.80 Å². The molecule has 3 aliphatic rings. The van der Waals surface area contributed by atoms with Gasteiger partial charge in [-0.05, 0) is 154 Å². The lowest BCUT2D eigenvalue weighted by atomic mass is 9.33. The molecule has 1 aliphatic carbocycles. The van der Waals surface area contributed by atoms with Gasteiger partial charge in [-0.2, -0.15) is 0 Å². The van der Waals surface area contributed by atoms with E-state index in [1.165, 1.54) is 106 Å². The summed E-state index contributed by atoms with van der Waals surface area (Å²) in [6.07, 6.45) is 1.10. The van der Waals surface area contributed by atoms with Gasteiger partial charge in [-0.25, -0.2) is 0 Å². The van der Waals surface area contributed by atoms with Gasteiger partial charge in [-0.1, -0.05) is 202 Å². The molecule has 0 amide bonds. The zero-order chi connectivity index (χ0) is 48.7. The molecule has 0 unspecified atom stereocenters. The lowest BCUT2D eigenvalue weighted by Gasteiger charge is -2.46. The maximum atomic E-state index is 2.72. The van der Waals surface area contributed by atoms with Crippen molar-refractivity contribution in [3.63, 3.8) is 0 Å². The lowest BCUT2D eigenvalue weighted by molar-refractivity contribution is 0.403. The minimum Gasteiger partial charge on any atom is -0.311 e. The Labute approximate surface area is 409 Å². The monoisotopic (exact) mass is 893 g/mol. The van der Waals surface area contributed by atoms with E-state index < -0.39 is 0 Å². The second kappa shape index (κ2) is 15.4. The van der Waals surface area contributed by atoms with Crippen LogP contribution in [0.2, 0.25) is 0 Å². The van der Waals surface area contributed by atoms with Crippen LogP contribution in [0.25, 0.3) is 22.3 Å². The van der Waals surface area contributed by atoms with E-state index >= 15 is 0 Å². The fourth-order valence-electron chi connectivity index (χ4n) is 12.1. The minimum atomic E-state index is -0.142. The molecule has 0 spiro atoms. The Morgan fingerprint density at radius 3 is 1.49 bits per heavy atom. The molecule has 7 aromatic carbocycles. The smallest absolute Gasteiger partial charge is 0.252 e. The highest BCUT2D eigenvalue weighted by atomic mass is 15.2. The minimum absolute atomic E-state index is 0.00668. The molecule has 0 aromatic heterocycles. The van der Waals surface area contributed by atoms with Crippen LogP contribution in [0.1, 0.15) is 151 Å². The van der Waals surface area contributed by atoms with Crippen LogP contribution < -0.4 is 26.2 Å². The van der Waals surface area contributed by atoms with E-state index in [1.54, 1.807) is 0 Å². The Balaban J connectivity index is 1.41. The number of hydrogen-bond donors (Lipinski definition) is 0. The number of benzene rings is 7. The summed E-state index contributed by atoms with van der Waals surface area (Å²) < 4.78 is 0. The molecule has 0 fully saturated rings. The predicted molar refractivity (Wildman–Crippen MR) is 297 cm³/mol. The quantitative estimate of drug-likeness (QED) is 0.162. The third-order valence-electron chi connectivity index (χ3n) is 15.6. The summed E-state index contributed by atoms with van der Waals surface area (Å²) in [6, 6.07) is 54.6. The summed E-state index contributed by atoms with van der Waals surface area (Å²) in [5, 5.41) is 0. The average Bonchev–Trinajstić information content (AvgIpc) is 3.45. The Bertz CT molecular complexity index is 3120. The highest BCUT2D eigenvalue weighted by molar-refractivity contribution is 7.00. The fourth-order valence-corrected chi connectivity index (χ4v) is 12.1. The van der Waals surface area contributed by atoms with Crippen LogP contribution in [-0.2, 0) is 32.5 Å². The predicted octanol–water partition coefficient (Wildman–Crippen LogP) is 16.3. The summed E-state index contributed by atoms with van der Waals surface area (Å²) in [4.78, 5) is 5.37. The first-order valence-electron chi connectivity index (χ1n) is 25.3. The summed E-state index contributed by atoms with van der Waals surface area (Å²) >= 11 is 0. The number of fused-ring (bicyclic) bond motifs is 5. The molecule has 2 heterocycles. The Morgan fingerprint density at radius 1 is 0.397 bits per heavy atom. The molecule has 0 atom stereocenters. The van der Waals surface area contributed by atoms with Gasteiger partial charge >= 0.3 is 0 Å². The molecule has 0 bridgehead atoms. The van der Waals surface area contributed by atoms with Gasteiger partial charge in [0.2, 0.25) is 0 Å². The van der Waals surface area contributed by atoms with E-state index in [-0.39, 0.29) is 39.2 Å². The van der Waals surface area contributed by atoms with Crippen molar-refractivity contribution in [2.75, 3.05) is 9.80 Å². The fraction of sp³-hybridized carbons (Fsp3) is 0.354. The highest BCUT2D eigenvalue weighted by Crippen LogP contribution is 2.55. The first kappa shape index (κ1) is 46.0. The number of hydrogen-bond acceptors (Lipinski definition) is 2. The van der Waals surface area contributed by atoms with Crippen LogP contribution in [0.3, 0.4) is 0 Å². The van der Waals surface area contributed by atoms with Crippen LogP contribution >= 0.6 is 0 Å². The van der Waals surface area contributed by atoms with E-state index in [9.17, 15) is 0 Å². The van der Waals surface area contributed by atoms with Crippen molar-refractivity contribution >= 4 is 57.2 Å². The molecule has 68 heavy (non-hydrogen) atoms. The number of anilines is 6. The maximum Gasteiger partial charge on any atom is 0.252 e.